The van der Waals surface area contributed by atoms with Crippen molar-refractivity contribution in [3.05, 3.63) is 0 Å². The molecule has 0 heterocycles. The molecule has 0 aliphatic rings. The van der Waals surface area contributed by atoms with Gasteiger partial charge in [-0.2, -0.15) is 0 Å². The molecule has 0 saturated heterocycles. The summed E-state index contributed by atoms with van der Waals surface area (Å²) in [5.41, 5.74) is 14.1. The number of nitrogens with one attached hydrogen (secondary N) is 3. The van der Waals surface area contributed by atoms with Crippen LogP contribution in [0.15, 0.2) is 0 Å². The van der Waals surface area contributed by atoms with Crippen molar-refractivity contribution in [2.75, 3.05) is 12.3 Å². The maximum Gasteiger partial charge on any atom is 0.338 e. The van der Waals surface area contributed by atoms with Gasteiger partial charge in [-0.05, 0) is 31.1 Å². The molecule has 3 unspecified atom stereocenters. The Kier molecular flexibility index (Phi) is 11.8. The van der Waals surface area contributed by atoms with Gasteiger partial charge in [0.15, 0.2) is 6.04 Å². The molecule has 0 bridgehead atoms. The van der Waals surface area contributed by atoms with Crippen LogP contribution < -0.4 is 32.8 Å². The van der Waals surface area contributed by atoms with Crippen molar-refractivity contribution in [1.82, 2.24) is 10.6 Å². The van der Waals surface area contributed by atoms with Gasteiger partial charge in [0, 0.05) is 6.04 Å². The van der Waals surface area contributed by atoms with Crippen molar-refractivity contribution in [3.63, 3.8) is 0 Å². The highest BCUT2D eigenvalue weighted by Crippen LogP contribution is 2.11. The zero-order valence-corrected chi connectivity index (χ0v) is 18.6. The number of amides is 2. The third kappa shape index (κ3) is 13.0. The zero-order valence-electron chi connectivity index (χ0n) is 17.7. The van der Waals surface area contributed by atoms with Gasteiger partial charge in [0.2, 0.25) is 5.91 Å². The smallest absolute Gasteiger partial charge is 0.338 e. The average Bonchev–Trinajstić information content (AvgIpc) is 2.54. The van der Waals surface area contributed by atoms with Crippen molar-refractivity contribution in [2.24, 2.45) is 23.3 Å². The van der Waals surface area contributed by atoms with Gasteiger partial charge >= 0.3 is 5.96 Å². The summed E-state index contributed by atoms with van der Waals surface area (Å²) in [6.45, 7) is 8.32. The van der Waals surface area contributed by atoms with E-state index in [4.69, 9.17) is 11.5 Å². The van der Waals surface area contributed by atoms with E-state index in [1.54, 1.807) is 0 Å². The Balaban J connectivity index is 5.06. The summed E-state index contributed by atoms with van der Waals surface area (Å²) < 4.78 is 32.6. The molecule has 3 atom stereocenters. The molecule has 0 rings (SSSR count). The molecule has 0 aromatic heterocycles. The summed E-state index contributed by atoms with van der Waals surface area (Å²) in [4.78, 5) is 27.8. The molecule has 0 aliphatic carbocycles. The summed E-state index contributed by atoms with van der Waals surface area (Å²) in [6.07, 6.45) is 1.77. The molecule has 0 aromatic rings. The van der Waals surface area contributed by atoms with Crippen LogP contribution in [0.2, 0.25) is 0 Å². The van der Waals surface area contributed by atoms with Gasteiger partial charge in [0.05, 0.1) is 12.3 Å². The lowest BCUT2D eigenvalue weighted by molar-refractivity contribution is -0.459. The number of carbonyl (C=O) groups is 2. The fraction of sp³-hybridized carbons (Fsp3) is 0.824. The molecule has 11 nitrogen and oxygen atoms in total. The van der Waals surface area contributed by atoms with Crippen LogP contribution in [-0.2, 0) is 19.7 Å². The molecule has 10 N–H and O–H groups in total. The van der Waals surface area contributed by atoms with E-state index in [1.807, 2.05) is 27.7 Å². The summed E-state index contributed by atoms with van der Waals surface area (Å²) in [6, 6.07) is -2.27. The Morgan fingerprint density at radius 2 is 1.69 bits per heavy atom. The molecule has 0 spiro atoms. The van der Waals surface area contributed by atoms with Crippen LogP contribution in [0.4, 0.5) is 0 Å². The summed E-state index contributed by atoms with van der Waals surface area (Å²) in [7, 11) is -4.60. The van der Waals surface area contributed by atoms with Crippen LogP contribution in [0, 0.1) is 11.8 Å². The normalized spacial score (nSPS) is 14.9. The molecule has 0 radical (unpaired) electrons. The van der Waals surface area contributed by atoms with E-state index < -0.39 is 33.9 Å². The Bertz CT molecular complexity index is 661. The highest BCUT2D eigenvalue weighted by molar-refractivity contribution is 7.85. The summed E-state index contributed by atoms with van der Waals surface area (Å²) in [5, 5.41) is 5.48. The Morgan fingerprint density at radius 1 is 1.10 bits per heavy atom. The first-order valence-electron chi connectivity index (χ1n) is 9.72. The molecule has 0 aliphatic heterocycles. The van der Waals surface area contributed by atoms with E-state index in [-0.39, 0.29) is 29.7 Å². The topological polar surface area (TPSA) is 209 Å². The highest BCUT2D eigenvalue weighted by atomic mass is 32.2. The SMILES string of the molecule is CC(C)CC(NC(=O)C([NH3+])CS(=O)(=O)[O-])C(=O)NC(CCC[NH+]=C(N)N)C(C)C. The van der Waals surface area contributed by atoms with Crippen molar-refractivity contribution in [2.45, 2.75) is 65.1 Å². The number of rotatable bonds is 13. The predicted octanol–water partition coefficient (Wildman–Crippen LogP) is -4.05. The van der Waals surface area contributed by atoms with Gasteiger partial charge in [-0.15, -0.1) is 0 Å². The largest absolute Gasteiger partial charge is 0.748 e. The minimum absolute atomic E-state index is 0.0994. The van der Waals surface area contributed by atoms with Gasteiger partial charge in [0.25, 0.3) is 5.91 Å². The monoisotopic (exact) mass is 437 g/mol. The molecule has 0 aromatic carbocycles. The Morgan fingerprint density at radius 3 is 2.14 bits per heavy atom. The van der Waals surface area contributed by atoms with Gasteiger partial charge in [-0.25, -0.2) is 8.42 Å². The second-order valence-corrected chi connectivity index (χ2v) is 9.44. The predicted molar refractivity (Wildman–Crippen MR) is 108 cm³/mol. The quantitative estimate of drug-likeness (QED) is 0.0726. The van der Waals surface area contributed by atoms with Gasteiger partial charge < -0.3 is 20.9 Å². The molecule has 0 saturated carbocycles. The van der Waals surface area contributed by atoms with Crippen LogP contribution in [-0.4, -0.2) is 61.2 Å². The molecule has 29 heavy (non-hydrogen) atoms. The van der Waals surface area contributed by atoms with E-state index in [0.29, 0.717) is 19.4 Å². The van der Waals surface area contributed by atoms with Gasteiger partial charge in [-0.1, -0.05) is 27.7 Å². The minimum atomic E-state index is -4.60. The van der Waals surface area contributed by atoms with Crippen LogP contribution in [0.25, 0.3) is 0 Å². The first-order chi connectivity index (χ1) is 13.2. The number of nitrogens with two attached hydrogens (primary N) is 2. The van der Waals surface area contributed by atoms with Crippen molar-refractivity contribution in [3.8, 4) is 0 Å². The molecular formula is C17H37N6O5S+. The Hall–Kier alpha value is -1.92. The Labute approximate surface area is 173 Å². The van der Waals surface area contributed by atoms with Crippen LogP contribution in [0.5, 0.6) is 0 Å². The lowest BCUT2D eigenvalue weighted by Crippen LogP contribution is -2.78. The third-order valence-electron chi connectivity index (χ3n) is 4.27. The number of hydrogen-bond acceptors (Lipinski definition) is 5. The number of carbonyl (C=O) groups excluding carboxylic acids is 2. The molecule has 2 amide bonds. The lowest BCUT2D eigenvalue weighted by atomic mass is 9.97. The molecule has 12 heteroatoms. The summed E-state index contributed by atoms with van der Waals surface area (Å²) in [5.74, 6) is -1.64. The van der Waals surface area contributed by atoms with E-state index in [2.05, 4.69) is 21.4 Å². The second-order valence-electron chi connectivity index (χ2n) is 8.00. The van der Waals surface area contributed by atoms with Crippen molar-refractivity contribution >= 4 is 27.9 Å². The lowest BCUT2D eigenvalue weighted by Gasteiger charge is -2.27. The van der Waals surface area contributed by atoms with E-state index in [1.165, 1.54) is 0 Å². The third-order valence-corrected chi connectivity index (χ3v) is 5.08. The maximum absolute atomic E-state index is 12.8. The fourth-order valence-corrected chi connectivity index (χ4v) is 3.37. The maximum atomic E-state index is 12.8. The average molecular weight is 438 g/mol. The van der Waals surface area contributed by atoms with E-state index in [0.717, 1.165) is 6.42 Å². The first-order valence-corrected chi connectivity index (χ1v) is 11.3. The molecule has 0 fully saturated rings. The van der Waals surface area contributed by atoms with Crippen LogP contribution >= 0.6 is 0 Å². The number of hydrogen-bond donors (Lipinski definition) is 6. The highest BCUT2D eigenvalue weighted by Gasteiger charge is 2.29. The van der Waals surface area contributed by atoms with Gasteiger partial charge in [-0.3, -0.25) is 26.0 Å². The summed E-state index contributed by atoms with van der Waals surface area (Å²) >= 11 is 0. The van der Waals surface area contributed by atoms with Crippen molar-refractivity contribution in [1.29, 1.82) is 0 Å². The zero-order chi connectivity index (χ0) is 22.8. The minimum Gasteiger partial charge on any atom is -0.748 e. The van der Waals surface area contributed by atoms with E-state index >= 15 is 0 Å². The van der Waals surface area contributed by atoms with E-state index in [9.17, 15) is 22.6 Å². The van der Waals surface area contributed by atoms with Gasteiger partial charge in [0.1, 0.15) is 16.2 Å². The first kappa shape index (κ1) is 27.1. The number of quaternary nitrogens is 1. The standard InChI is InChI=1S/C17H36N6O5S/c1-10(2)8-14(23-15(24)12(18)9-29(26,27)28)16(25)22-13(11(3)4)6-5-7-21-17(19)20/h10-14H,5-9,18H2,1-4H3,(H,22,25)(H,23,24)(H4,19,20,21)(H,26,27,28)/p+1. The van der Waals surface area contributed by atoms with Crippen LogP contribution in [0.3, 0.4) is 0 Å². The molecule has 170 valence electrons. The number of guanidine groups is 1. The second kappa shape index (κ2) is 12.6. The fourth-order valence-electron chi connectivity index (χ4n) is 2.72. The van der Waals surface area contributed by atoms with Crippen molar-refractivity contribution < 1.29 is 33.3 Å². The van der Waals surface area contributed by atoms with Crippen LogP contribution in [0.1, 0.15) is 47.0 Å². The molecular weight excluding hydrogens is 400 g/mol.